The lowest BCUT2D eigenvalue weighted by Gasteiger charge is -2.12. The highest BCUT2D eigenvalue weighted by Gasteiger charge is 2.31. The first-order valence-corrected chi connectivity index (χ1v) is 6.42. The molecule has 1 amide bonds. The van der Waals surface area contributed by atoms with Gasteiger partial charge in [-0.25, -0.2) is 4.79 Å². The number of esters is 1. The summed E-state index contributed by atoms with van der Waals surface area (Å²) in [7, 11) is 0. The number of cyclic esters (lactones) is 1. The molecule has 1 atom stereocenters. The smallest absolute Gasteiger partial charge is 0.410 e. The lowest BCUT2D eigenvalue weighted by Crippen LogP contribution is -2.30. The fourth-order valence-corrected chi connectivity index (χ4v) is 1.85. The number of rotatable bonds is 6. The maximum Gasteiger partial charge on any atom is 0.410 e. The molecule has 0 spiro atoms. The fourth-order valence-electron chi connectivity index (χ4n) is 1.85. The van der Waals surface area contributed by atoms with Crippen LogP contribution in [0, 0.1) is 0 Å². The molecular formula is C14H17NO5. The number of benzene rings is 1. The Morgan fingerprint density at radius 3 is 2.85 bits per heavy atom. The normalized spacial score (nSPS) is 17.8. The standard InChI is InChI=1S/C14H17NO5/c1-11(16)18-8-7-15-9-13(20-14(15)17)10-19-12-5-3-2-4-6-12/h2-6,13H,7-10H2,1H3. The van der Waals surface area contributed by atoms with Gasteiger partial charge in [-0.3, -0.25) is 4.79 Å². The summed E-state index contributed by atoms with van der Waals surface area (Å²) in [5.74, 6) is 0.378. The van der Waals surface area contributed by atoms with Crippen LogP contribution >= 0.6 is 0 Å². The van der Waals surface area contributed by atoms with Crippen LogP contribution < -0.4 is 4.74 Å². The average Bonchev–Trinajstić information content (AvgIpc) is 2.78. The maximum atomic E-state index is 11.6. The second kappa shape index (κ2) is 6.79. The van der Waals surface area contributed by atoms with Crippen LogP contribution in [0.25, 0.3) is 0 Å². The van der Waals surface area contributed by atoms with Crippen LogP contribution in [0.3, 0.4) is 0 Å². The summed E-state index contributed by atoms with van der Waals surface area (Å²) in [5, 5.41) is 0. The first kappa shape index (κ1) is 14.2. The Kier molecular flexibility index (Phi) is 4.81. The lowest BCUT2D eigenvalue weighted by atomic mass is 10.3. The van der Waals surface area contributed by atoms with Crippen LogP contribution in [0.1, 0.15) is 6.92 Å². The molecule has 6 nitrogen and oxygen atoms in total. The Labute approximate surface area is 117 Å². The molecule has 108 valence electrons. The van der Waals surface area contributed by atoms with E-state index in [9.17, 15) is 9.59 Å². The zero-order valence-corrected chi connectivity index (χ0v) is 11.3. The summed E-state index contributed by atoms with van der Waals surface area (Å²) in [6.07, 6.45) is -0.709. The molecule has 0 bridgehead atoms. The molecule has 6 heteroatoms. The molecule has 1 aliphatic heterocycles. The Bertz CT molecular complexity index is 462. The van der Waals surface area contributed by atoms with E-state index in [1.807, 2.05) is 30.3 Å². The Hall–Kier alpha value is -2.24. The third kappa shape index (κ3) is 4.15. The molecule has 0 N–H and O–H groups in total. The third-order valence-corrected chi connectivity index (χ3v) is 2.80. The minimum absolute atomic E-state index is 0.177. The third-order valence-electron chi connectivity index (χ3n) is 2.80. The van der Waals surface area contributed by atoms with Crippen LogP contribution in [-0.2, 0) is 14.3 Å². The van der Waals surface area contributed by atoms with E-state index in [0.29, 0.717) is 19.7 Å². The quantitative estimate of drug-likeness (QED) is 0.737. The maximum absolute atomic E-state index is 11.6. The van der Waals surface area contributed by atoms with Crippen molar-refractivity contribution in [3.05, 3.63) is 30.3 Å². The summed E-state index contributed by atoms with van der Waals surface area (Å²) in [6.45, 7) is 2.59. The molecular weight excluding hydrogens is 262 g/mol. The molecule has 1 aliphatic rings. The van der Waals surface area contributed by atoms with Crippen molar-refractivity contribution in [2.24, 2.45) is 0 Å². The van der Waals surface area contributed by atoms with Crippen LogP contribution in [0.5, 0.6) is 5.75 Å². The first-order valence-electron chi connectivity index (χ1n) is 6.42. The van der Waals surface area contributed by atoms with E-state index < -0.39 is 6.09 Å². The number of hydrogen-bond acceptors (Lipinski definition) is 5. The Morgan fingerprint density at radius 2 is 2.15 bits per heavy atom. The number of hydrogen-bond donors (Lipinski definition) is 0. The summed E-state index contributed by atoms with van der Waals surface area (Å²) >= 11 is 0. The lowest BCUT2D eigenvalue weighted by molar-refractivity contribution is -0.141. The summed E-state index contributed by atoms with van der Waals surface area (Å²) in [5.41, 5.74) is 0. The van der Waals surface area contributed by atoms with Gasteiger partial charge in [-0.05, 0) is 12.1 Å². The minimum Gasteiger partial charge on any atom is -0.490 e. The zero-order chi connectivity index (χ0) is 14.4. The van der Waals surface area contributed by atoms with Gasteiger partial charge in [0.25, 0.3) is 0 Å². The van der Waals surface area contributed by atoms with Crippen molar-refractivity contribution < 1.29 is 23.8 Å². The molecule has 1 heterocycles. The van der Waals surface area contributed by atoms with Crippen molar-refractivity contribution >= 4 is 12.1 Å². The number of nitrogens with zero attached hydrogens (tertiary/aromatic N) is 1. The molecule has 0 aliphatic carbocycles. The SMILES string of the molecule is CC(=O)OCCN1CC(COc2ccccc2)OC1=O. The Balaban J connectivity index is 1.73. The van der Waals surface area contributed by atoms with Gasteiger partial charge in [-0.15, -0.1) is 0 Å². The van der Waals surface area contributed by atoms with Crippen LogP contribution in [0.15, 0.2) is 30.3 Å². The van der Waals surface area contributed by atoms with E-state index in [1.54, 1.807) is 0 Å². The van der Waals surface area contributed by atoms with Crippen molar-refractivity contribution in [3.8, 4) is 5.75 Å². The van der Waals surface area contributed by atoms with Gasteiger partial charge in [0.15, 0.2) is 6.10 Å². The molecule has 0 radical (unpaired) electrons. The first-order chi connectivity index (χ1) is 9.65. The van der Waals surface area contributed by atoms with E-state index >= 15 is 0 Å². The van der Waals surface area contributed by atoms with E-state index in [1.165, 1.54) is 11.8 Å². The van der Waals surface area contributed by atoms with Crippen molar-refractivity contribution in [1.82, 2.24) is 4.90 Å². The van der Waals surface area contributed by atoms with E-state index in [0.717, 1.165) is 5.75 Å². The van der Waals surface area contributed by atoms with Crippen molar-refractivity contribution in [2.75, 3.05) is 26.3 Å². The van der Waals surface area contributed by atoms with Gasteiger partial charge < -0.3 is 19.1 Å². The van der Waals surface area contributed by atoms with E-state index in [-0.39, 0.29) is 18.7 Å². The summed E-state index contributed by atoms with van der Waals surface area (Å²) < 4.78 is 15.5. The molecule has 1 unspecified atom stereocenters. The Morgan fingerprint density at radius 1 is 1.40 bits per heavy atom. The highest BCUT2D eigenvalue weighted by molar-refractivity contribution is 5.70. The van der Waals surface area contributed by atoms with Crippen LogP contribution in [-0.4, -0.2) is 49.4 Å². The number of carbonyl (C=O) groups is 2. The number of ether oxygens (including phenoxy) is 3. The van der Waals surface area contributed by atoms with Crippen molar-refractivity contribution in [3.63, 3.8) is 0 Å². The largest absolute Gasteiger partial charge is 0.490 e. The monoisotopic (exact) mass is 279 g/mol. The van der Waals surface area contributed by atoms with Crippen molar-refractivity contribution in [1.29, 1.82) is 0 Å². The van der Waals surface area contributed by atoms with Gasteiger partial charge in [0.05, 0.1) is 13.1 Å². The van der Waals surface area contributed by atoms with E-state index in [2.05, 4.69) is 0 Å². The van der Waals surface area contributed by atoms with Crippen LogP contribution in [0.4, 0.5) is 4.79 Å². The molecule has 2 rings (SSSR count). The van der Waals surface area contributed by atoms with Gasteiger partial charge in [0.2, 0.25) is 0 Å². The van der Waals surface area contributed by atoms with Crippen molar-refractivity contribution in [2.45, 2.75) is 13.0 Å². The highest BCUT2D eigenvalue weighted by Crippen LogP contribution is 2.14. The summed E-state index contributed by atoms with van der Waals surface area (Å²) in [4.78, 5) is 23.7. The van der Waals surface area contributed by atoms with Gasteiger partial charge in [0.1, 0.15) is 19.0 Å². The molecule has 0 saturated carbocycles. The topological polar surface area (TPSA) is 65.1 Å². The predicted molar refractivity (Wildman–Crippen MR) is 70.4 cm³/mol. The second-order valence-electron chi connectivity index (χ2n) is 4.42. The highest BCUT2D eigenvalue weighted by atomic mass is 16.6. The second-order valence-corrected chi connectivity index (χ2v) is 4.42. The number of carbonyl (C=O) groups excluding carboxylic acids is 2. The summed E-state index contributed by atoms with van der Waals surface area (Å²) in [6, 6.07) is 9.34. The molecule has 0 aromatic heterocycles. The molecule has 1 aromatic carbocycles. The molecule has 20 heavy (non-hydrogen) atoms. The van der Waals surface area contributed by atoms with E-state index in [4.69, 9.17) is 14.2 Å². The van der Waals surface area contributed by atoms with Gasteiger partial charge in [-0.2, -0.15) is 0 Å². The molecule has 1 saturated heterocycles. The fraction of sp³-hybridized carbons (Fsp3) is 0.429. The van der Waals surface area contributed by atoms with Gasteiger partial charge >= 0.3 is 12.1 Å². The number of para-hydroxylation sites is 1. The van der Waals surface area contributed by atoms with Gasteiger partial charge in [-0.1, -0.05) is 18.2 Å². The predicted octanol–water partition coefficient (Wildman–Crippen LogP) is 1.45. The molecule has 1 fully saturated rings. The van der Waals surface area contributed by atoms with Crippen LogP contribution in [0.2, 0.25) is 0 Å². The molecule has 1 aromatic rings. The number of amides is 1. The van der Waals surface area contributed by atoms with Gasteiger partial charge in [0, 0.05) is 6.92 Å². The zero-order valence-electron chi connectivity index (χ0n) is 11.3. The minimum atomic E-state index is -0.404. The average molecular weight is 279 g/mol.